The van der Waals surface area contributed by atoms with E-state index in [4.69, 9.17) is 4.74 Å². The highest BCUT2D eigenvalue weighted by Gasteiger charge is 2.30. The zero-order valence-electron chi connectivity index (χ0n) is 17.1. The summed E-state index contributed by atoms with van der Waals surface area (Å²) < 4.78 is 5.91. The van der Waals surface area contributed by atoms with Crippen LogP contribution in [0.2, 0.25) is 0 Å². The summed E-state index contributed by atoms with van der Waals surface area (Å²) in [6.07, 6.45) is 8.34. The van der Waals surface area contributed by atoms with E-state index in [2.05, 4.69) is 29.3 Å². The normalized spacial score (nSPS) is 23.4. The van der Waals surface area contributed by atoms with E-state index < -0.39 is 0 Å². The first-order valence-corrected chi connectivity index (χ1v) is 10.3. The lowest BCUT2D eigenvalue weighted by molar-refractivity contribution is 0.0267. The van der Waals surface area contributed by atoms with Gasteiger partial charge in [-0.2, -0.15) is 0 Å². The van der Waals surface area contributed by atoms with E-state index in [0.29, 0.717) is 5.92 Å². The van der Waals surface area contributed by atoms with Crippen molar-refractivity contribution in [2.24, 2.45) is 5.92 Å². The number of rotatable bonds is 4. The average Bonchev–Trinajstić information content (AvgIpc) is 2.61. The topological polar surface area (TPSA) is 41.6 Å². The molecule has 2 aliphatic rings. The van der Waals surface area contributed by atoms with E-state index in [1.807, 2.05) is 13.8 Å². The van der Waals surface area contributed by atoms with E-state index in [-0.39, 0.29) is 24.6 Å². The Bertz CT molecular complexity index is 606. The third-order valence-electron chi connectivity index (χ3n) is 5.94. The average molecular weight is 395 g/mol. The Balaban J connectivity index is 0.00000261. The number of hydrogen-bond acceptors (Lipinski definition) is 3. The van der Waals surface area contributed by atoms with Gasteiger partial charge in [0.1, 0.15) is 6.10 Å². The van der Waals surface area contributed by atoms with Crippen LogP contribution < -0.4 is 5.32 Å². The molecule has 2 fully saturated rings. The Morgan fingerprint density at radius 2 is 1.67 bits per heavy atom. The second-order valence-electron chi connectivity index (χ2n) is 8.25. The van der Waals surface area contributed by atoms with Crippen molar-refractivity contribution in [2.75, 3.05) is 25.0 Å². The van der Waals surface area contributed by atoms with Crippen LogP contribution in [0.15, 0.2) is 12.1 Å². The van der Waals surface area contributed by atoms with Crippen LogP contribution in [-0.4, -0.2) is 36.7 Å². The molecule has 0 spiro atoms. The second kappa shape index (κ2) is 10.3. The minimum atomic E-state index is -0.296. The van der Waals surface area contributed by atoms with Crippen LogP contribution in [0.4, 0.5) is 10.5 Å². The molecular formula is C22H35ClN2O2. The smallest absolute Gasteiger partial charge is 0.411 e. The summed E-state index contributed by atoms with van der Waals surface area (Å²) >= 11 is 0. The number of ether oxygens (including phenoxy) is 1. The fraction of sp³-hybridized carbons (Fsp3) is 0.682. The molecule has 4 nitrogen and oxygen atoms in total. The summed E-state index contributed by atoms with van der Waals surface area (Å²) in [5.41, 5.74) is 4.29. The van der Waals surface area contributed by atoms with Gasteiger partial charge in [-0.25, -0.2) is 4.79 Å². The largest absolute Gasteiger partial charge is 0.446 e. The van der Waals surface area contributed by atoms with Crippen LogP contribution in [0, 0.1) is 26.7 Å². The zero-order valence-corrected chi connectivity index (χ0v) is 17.9. The van der Waals surface area contributed by atoms with Crippen molar-refractivity contribution in [1.82, 2.24) is 4.90 Å². The summed E-state index contributed by atoms with van der Waals surface area (Å²) in [7, 11) is 0. The zero-order chi connectivity index (χ0) is 18.5. The predicted octanol–water partition coefficient (Wildman–Crippen LogP) is 5.63. The molecule has 1 aliphatic heterocycles. The molecule has 1 N–H and O–H groups in total. The molecular weight excluding hydrogens is 360 g/mol. The van der Waals surface area contributed by atoms with Crippen LogP contribution in [-0.2, 0) is 4.74 Å². The Hall–Kier alpha value is -1.26. The first kappa shape index (κ1) is 22.0. The Morgan fingerprint density at radius 3 is 2.33 bits per heavy atom. The van der Waals surface area contributed by atoms with E-state index in [9.17, 15) is 4.79 Å². The molecule has 0 bridgehead atoms. The molecule has 1 heterocycles. The molecule has 152 valence electrons. The number of halogens is 1. The van der Waals surface area contributed by atoms with Gasteiger partial charge in [0, 0.05) is 18.2 Å². The molecule has 1 aromatic rings. The third-order valence-corrected chi connectivity index (χ3v) is 5.94. The molecule has 0 aromatic heterocycles. The summed E-state index contributed by atoms with van der Waals surface area (Å²) in [6, 6.07) is 4.20. The highest BCUT2D eigenvalue weighted by molar-refractivity contribution is 5.87. The van der Waals surface area contributed by atoms with Gasteiger partial charge in [-0.05, 0) is 77.1 Å². The second-order valence-corrected chi connectivity index (χ2v) is 8.25. The van der Waals surface area contributed by atoms with E-state index in [1.54, 1.807) is 0 Å². The number of benzene rings is 1. The molecule has 2 atom stereocenters. The molecule has 1 aromatic carbocycles. The van der Waals surface area contributed by atoms with Gasteiger partial charge in [0.25, 0.3) is 0 Å². The first-order valence-electron chi connectivity index (χ1n) is 10.3. The van der Waals surface area contributed by atoms with Crippen LogP contribution in [0.3, 0.4) is 0 Å². The van der Waals surface area contributed by atoms with Gasteiger partial charge in [0.2, 0.25) is 0 Å². The highest BCUT2D eigenvalue weighted by Crippen LogP contribution is 2.29. The SMILES string of the molecule is Cc1cc(C)c(NC(=O)O[C@@H]2CCCC[C@H]2CN2CCCCC2)c(C)c1.Cl. The molecule has 3 rings (SSSR count). The van der Waals surface area contributed by atoms with Crippen molar-refractivity contribution in [2.45, 2.75) is 71.8 Å². The molecule has 1 saturated carbocycles. The Kier molecular flexibility index (Phi) is 8.43. The number of nitrogens with one attached hydrogen (secondary N) is 1. The highest BCUT2D eigenvalue weighted by atomic mass is 35.5. The maximum Gasteiger partial charge on any atom is 0.411 e. The van der Waals surface area contributed by atoms with Gasteiger partial charge in [-0.15, -0.1) is 12.4 Å². The maximum absolute atomic E-state index is 12.6. The number of hydrogen-bond donors (Lipinski definition) is 1. The molecule has 1 saturated heterocycles. The fourth-order valence-corrected chi connectivity index (χ4v) is 4.66. The monoisotopic (exact) mass is 394 g/mol. The third kappa shape index (κ3) is 6.11. The molecule has 0 radical (unpaired) electrons. The summed E-state index contributed by atoms with van der Waals surface area (Å²) in [5, 5.41) is 3.00. The summed E-state index contributed by atoms with van der Waals surface area (Å²) in [5.74, 6) is 0.479. The van der Waals surface area contributed by atoms with E-state index in [1.165, 1.54) is 50.8 Å². The quantitative estimate of drug-likeness (QED) is 0.719. The number of aryl methyl sites for hydroxylation is 3. The van der Waals surface area contributed by atoms with Gasteiger partial charge in [0.15, 0.2) is 0 Å². The number of carbonyl (C=O) groups excluding carboxylic acids is 1. The predicted molar refractivity (Wildman–Crippen MR) is 114 cm³/mol. The minimum Gasteiger partial charge on any atom is -0.446 e. The van der Waals surface area contributed by atoms with Crippen molar-refractivity contribution in [3.8, 4) is 0 Å². The number of piperidine rings is 1. The van der Waals surface area contributed by atoms with Gasteiger partial charge in [-0.3, -0.25) is 5.32 Å². The number of nitrogens with zero attached hydrogens (tertiary/aromatic N) is 1. The van der Waals surface area contributed by atoms with Crippen molar-refractivity contribution >= 4 is 24.2 Å². The maximum atomic E-state index is 12.6. The summed E-state index contributed by atoms with van der Waals surface area (Å²) in [4.78, 5) is 15.1. The number of amides is 1. The number of carbonyl (C=O) groups is 1. The van der Waals surface area contributed by atoms with E-state index >= 15 is 0 Å². The first-order chi connectivity index (χ1) is 12.5. The Labute approximate surface area is 170 Å². The van der Waals surface area contributed by atoms with E-state index in [0.717, 1.165) is 36.2 Å². The van der Waals surface area contributed by atoms with Gasteiger partial charge >= 0.3 is 6.09 Å². The van der Waals surface area contributed by atoms with Crippen LogP contribution in [0.5, 0.6) is 0 Å². The summed E-state index contributed by atoms with van der Waals surface area (Å²) in [6.45, 7) is 9.65. The fourth-order valence-electron chi connectivity index (χ4n) is 4.66. The van der Waals surface area contributed by atoms with Gasteiger partial charge < -0.3 is 9.64 Å². The molecule has 0 unspecified atom stereocenters. The molecule has 27 heavy (non-hydrogen) atoms. The van der Waals surface area contributed by atoms with Crippen LogP contribution >= 0.6 is 12.4 Å². The lowest BCUT2D eigenvalue weighted by atomic mass is 9.85. The standard InChI is InChI=1S/C22H34N2O2.ClH/c1-16-13-17(2)21(18(3)14-16)23-22(25)26-20-10-6-5-9-19(20)15-24-11-7-4-8-12-24;/h13-14,19-20H,4-12,15H2,1-3H3,(H,23,25);1H/t19-,20+;/m0./s1. The van der Waals surface area contributed by atoms with Gasteiger partial charge in [0.05, 0.1) is 0 Å². The number of likely N-dealkylation sites (tertiary alicyclic amines) is 1. The number of anilines is 1. The van der Waals surface area contributed by atoms with Crippen molar-refractivity contribution in [1.29, 1.82) is 0 Å². The molecule has 1 amide bonds. The molecule has 1 aliphatic carbocycles. The van der Waals surface area contributed by atoms with Crippen molar-refractivity contribution in [3.63, 3.8) is 0 Å². The van der Waals surface area contributed by atoms with Crippen LogP contribution in [0.1, 0.15) is 61.6 Å². The van der Waals surface area contributed by atoms with Crippen molar-refractivity contribution < 1.29 is 9.53 Å². The lowest BCUT2D eigenvalue weighted by Crippen LogP contribution is -2.41. The molecule has 5 heteroatoms. The van der Waals surface area contributed by atoms with Gasteiger partial charge in [-0.1, -0.05) is 30.5 Å². The Morgan fingerprint density at radius 1 is 1.04 bits per heavy atom. The minimum absolute atomic E-state index is 0. The lowest BCUT2D eigenvalue weighted by Gasteiger charge is -2.36. The van der Waals surface area contributed by atoms with Crippen molar-refractivity contribution in [3.05, 3.63) is 28.8 Å². The van der Waals surface area contributed by atoms with Crippen LogP contribution in [0.25, 0.3) is 0 Å².